The summed E-state index contributed by atoms with van der Waals surface area (Å²) in [5.41, 5.74) is 8.84. The Morgan fingerprint density at radius 3 is 1.73 bits per heavy atom. The fourth-order valence-corrected chi connectivity index (χ4v) is 8.52. The quantitative estimate of drug-likeness (QED) is 0.161. The van der Waals surface area contributed by atoms with Crippen LogP contribution >= 0.6 is 0 Å². The van der Waals surface area contributed by atoms with Crippen molar-refractivity contribution in [2.24, 2.45) is 0 Å². The molecular formula is C57H36N4O. The van der Waals surface area contributed by atoms with Gasteiger partial charge in [0.05, 0.1) is 20.6 Å². The molecule has 12 rings (SSSR count). The summed E-state index contributed by atoms with van der Waals surface area (Å²) in [5.74, 6) is 1.13. The number of hydrogen-bond donors (Lipinski definition) is 0. The maximum absolute atomic E-state index is 9.73. The fraction of sp³-hybridized carbons (Fsp3) is 0. The third-order valence-corrected chi connectivity index (χ3v) is 11.4. The van der Waals surface area contributed by atoms with E-state index in [1.165, 1.54) is 0 Å². The molecule has 0 radical (unpaired) electrons. The summed E-state index contributed by atoms with van der Waals surface area (Å²) in [4.78, 5) is 15.1. The first-order valence-electron chi connectivity index (χ1n) is 23.8. The molecule has 0 aliphatic heterocycles. The summed E-state index contributed by atoms with van der Waals surface area (Å²) in [5, 5.41) is 1.94. The number of rotatable bonds is 7. The van der Waals surface area contributed by atoms with Crippen LogP contribution in [0.25, 0.3) is 117 Å². The van der Waals surface area contributed by atoms with Crippen molar-refractivity contribution in [1.29, 1.82) is 0 Å². The van der Waals surface area contributed by atoms with Gasteiger partial charge in [-0.2, -0.15) is 0 Å². The van der Waals surface area contributed by atoms with Crippen molar-refractivity contribution in [2.45, 2.75) is 0 Å². The number of hydrogen-bond acceptors (Lipinski definition) is 4. The molecule has 5 nitrogen and oxygen atoms in total. The summed E-state index contributed by atoms with van der Waals surface area (Å²) in [6.07, 6.45) is 0. The van der Waals surface area contributed by atoms with Crippen LogP contribution in [-0.2, 0) is 0 Å². The van der Waals surface area contributed by atoms with E-state index in [0.29, 0.717) is 45.5 Å². The molecule has 0 saturated carbocycles. The van der Waals surface area contributed by atoms with Crippen molar-refractivity contribution >= 4 is 43.7 Å². The summed E-state index contributed by atoms with van der Waals surface area (Å²) in [6.45, 7) is 0. The van der Waals surface area contributed by atoms with Crippen molar-refractivity contribution < 1.29 is 14.0 Å². The van der Waals surface area contributed by atoms with E-state index in [0.717, 1.165) is 44.2 Å². The Bertz CT molecular complexity index is 4030. The van der Waals surface area contributed by atoms with Gasteiger partial charge < -0.3 is 8.98 Å². The second kappa shape index (κ2) is 14.7. The molecule has 0 aliphatic rings. The van der Waals surface area contributed by atoms with Crippen LogP contribution < -0.4 is 0 Å². The van der Waals surface area contributed by atoms with Gasteiger partial charge in [0.15, 0.2) is 17.5 Å². The molecule has 0 unspecified atom stereocenters. The number of para-hydroxylation sites is 2. The summed E-state index contributed by atoms with van der Waals surface area (Å²) in [7, 11) is 0. The van der Waals surface area contributed by atoms with Gasteiger partial charge >= 0.3 is 0 Å². The molecule has 290 valence electrons. The molecule has 0 fully saturated rings. The Balaban J connectivity index is 1.14. The molecule has 5 heteroatoms. The highest BCUT2D eigenvalue weighted by Gasteiger charge is 2.22. The molecule has 62 heavy (non-hydrogen) atoms. The summed E-state index contributed by atoms with van der Waals surface area (Å²) < 4.78 is 73.1. The predicted molar refractivity (Wildman–Crippen MR) is 254 cm³/mol. The summed E-state index contributed by atoms with van der Waals surface area (Å²) >= 11 is 0. The highest BCUT2D eigenvalue weighted by Crippen LogP contribution is 2.43. The van der Waals surface area contributed by atoms with E-state index < -0.39 is 18.1 Å². The van der Waals surface area contributed by atoms with Crippen LogP contribution in [0, 0.1) is 0 Å². The minimum Gasteiger partial charge on any atom is -0.456 e. The van der Waals surface area contributed by atoms with Crippen molar-refractivity contribution in [1.82, 2.24) is 19.5 Å². The lowest BCUT2D eigenvalue weighted by Crippen LogP contribution is -2.01. The van der Waals surface area contributed by atoms with Gasteiger partial charge in [-0.05, 0) is 52.1 Å². The van der Waals surface area contributed by atoms with Crippen molar-refractivity contribution in [2.75, 3.05) is 0 Å². The highest BCUT2D eigenvalue weighted by molar-refractivity contribution is 6.16. The lowest BCUT2D eigenvalue weighted by Gasteiger charge is -2.15. The number of fused-ring (bicyclic) bond motifs is 6. The lowest BCUT2D eigenvalue weighted by molar-refractivity contribution is 0.668. The average Bonchev–Trinajstić information content (AvgIpc) is 3.96. The van der Waals surface area contributed by atoms with Crippen molar-refractivity contribution in [3.8, 4) is 73.2 Å². The van der Waals surface area contributed by atoms with E-state index >= 15 is 0 Å². The molecule has 0 amide bonds. The molecule has 0 saturated heterocycles. The minimum absolute atomic E-state index is 0.0667. The molecule has 0 spiro atoms. The van der Waals surface area contributed by atoms with E-state index in [1.54, 1.807) is 4.57 Å². The van der Waals surface area contributed by atoms with E-state index in [9.17, 15) is 6.85 Å². The van der Waals surface area contributed by atoms with Gasteiger partial charge in [0.1, 0.15) is 11.2 Å². The zero-order valence-corrected chi connectivity index (χ0v) is 32.9. The second-order valence-electron chi connectivity index (χ2n) is 15.0. The highest BCUT2D eigenvalue weighted by atomic mass is 16.3. The third kappa shape index (κ3) is 5.98. The maximum Gasteiger partial charge on any atom is 0.164 e. The van der Waals surface area contributed by atoms with Crippen LogP contribution in [0.3, 0.4) is 0 Å². The van der Waals surface area contributed by atoms with Crippen molar-refractivity contribution in [3.05, 3.63) is 218 Å². The Morgan fingerprint density at radius 2 is 0.968 bits per heavy atom. The molecule has 0 atom stereocenters. The van der Waals surface area contributed by atoms with Gasteiger partial charge in [-0.25, -0.2) is 15.0 Å². The summed E-state index contributed by atoms with van der Waals surface area (Å²) in [6, 6.07) is 54.0. The molecule has 12 aromatic rings. The standard InChI is InChI=1S/C57H36N4O/c1-4-16-37(17-5-1)38-30-32-41(33-31-38)56-58-55(40-20-8-3-9-21-40)59-57(60-56)48-24-11-10-22-44(48)46-26-14-27-47-45-23-12-13-28-50(45)61(54(46)47)42-34-35-49-52(36-42)62-51-29-15-25-43(53(49)51)39-18-6-2-7-19-39/h1-36H/i12D,13D,14D,23D,26D,27D,28D. The van der Waals surface area contributed by atoms with E-state index in [1.807, 2.05) is 158 Å². The Morgan fingerprint density at radius 1 is 0.387 bits per heavy atom. The van der Waals surface area contributed by atoms with Crippen LogP contribution in [0.2, 0.25) is 0 Å². The van der Waals surface area contributed by atoms with Gasteiger partial charge in [0, 0.05) is 55.6 Å². The molecule has 3 aromatic heterocycles. The molecule has 0 aliphatic carbocycles. The van der Waals surface area contributed by atoms with Gasteiger partial charge in [-0.1, -0.05) is 188 Å². The van der Waals surface area contributed by atoms with Crippen LogP contribution in [0.1, 0.15) is 9.60 Å². The van der Waals surface area contributed by atoms with Gasteiger partial charge in [0.25, 0.3) is 0 Å². The first-order chi connectivity index (χ1) is 33.7. The van der Waals surface area contributed by atoms with Gasteiger partial charge in [0.2, 0.25) is 0 Å². The molecule has 0 bridgehead atoms. The van der Waals surface area contributed by atoms with Crippen LogP contribution in [0.15, 0.2) is 223 Å². The molecular weight excluding hydrogens is 757 g/mol. The maximum atomic E-state index is 9.73. The predicted octanol–water partition coefficient (Wildman–Crippen LogP) is 14.9. The second-order valence-corrected chi connectivity index (χ2v) is 15.0. The molecule has 0 N–H and O–H groups in total. The SMILES string of the molecule is [2H]c1c([2H])c([2H])c2c(c1[2H])c1c([2H])c([2H])c([2H])c(-c3ccccc3-c3nc(-c4ccccc4)nc(-c4ccc(-c5ccccc5)cc4)n3)c1n2-c1ccc2c(c1)oc1cccc(-c3ccccc3)c12. The first-order valence-corrected chi connectivity index (χ1v) is 20.3. The Kier molecular flexibility index (Phi) is 6.86. The lowest BCUT2D eigenvalue weighted by atomic mass is 9.96. The van der Waals surface area contributed by atoms with Crippen LogP contribution in [0.4, 0.5) is 0 Å². The van der Waals surface area contributed by atoms with E-state index in [2.05, 4.69) is 18.2 Å². The topological polar surface area (TPSA) is 56.7 Å². The average molecular weight is 800 g/mol. The number of aromatic nitrogens is 4. The van der Waals surface area contributed by atoms with E-state index in [-0.39, 0.29) is 51.5 Å². The smallest absolute Gasteiger partial charge is 0.164 e. The van der Waals surface area contributed by atoms with Crippen molar-refractivity contribution in [3.63, 3.8) is 0 Å². The monoisotopic (exact) mass is 799 g/mol. The number of benzene rings is 9. The normalized spacial score (nSPS) is 13.1. The zero-order chi connectivity index (χ0) is 47.1. The van der Waals surface area contributed by atoms with Gasteiger partial charge in [-0.3, -0.25) is 0 Å². The molecule has 9 aromatic carbocycles. The van der Waals surface area contributed by atoms with Crippen LogP contribution in [0.5, 0.6) is 0 Å². The Labute approximate surface area is 367 Å². The minimum atomic E-state index is -0.474. The molecule has 3 heterocycles. The largest absolute Gasteiger partial charge is 0.456 e. The van der Waals surface area contributed by atoms with Gasteiger partial charge in [-0.15, -0.1) is 0 Å². The number of furan rings is 1. The fourth-order valence-electron chi connectivity index (χ4n) is 8.52. The third-order valence-electron chi connectivity index (χ3n) is 11.4. The van der Waals surface area contributed by atoms with Crippen LogP contribution in [-0.4, -0.2) is 19.5 Å². The first kappa shape index (κ1) is 28.9. The number of nitrogens with zero attached hydrogens (tertiary/aromatic N) is 4. The van der Waals surface area contributed by atoms with E-state index in [4.69, 9.17) is 22.1 Å². The Hall–Kier alpha value is -8.41. The zero-order valence-electron chi connectivity index (χ0n) is 39.9.